The van der Waals surface area contributed by atoms with E-state index >= 15 is 0 Å². The number of rotatable bonds is 3. The number of ketones is 1. The molecule has 0 amide bonds. The monoisotopic (exact) mass is 265 g/mol. The molecule has 0 bridgehead atoms. The third kappa shape index (κ3) is 2.38. The van der Waals surface area contributed by atoms with Crippen molar-refractivity contribution >= 4 is 29.0 Å². The Hall–Kier alpha value is -1.81. The Balaban J connectivity index is 2.24. The van der Waals surface area contributed by atoms with Gasteiger partial charge in [-0.2, -0.15) is 0 Å². The molecule has 0 fully saturated rings. The second kappa shape index (κ2) is 4.82. The molecule has 5 heteroatoms. The molecule has 1 aromatic rings. The van der Waals surface area contributed by atoms with Crippen molar-refractivity contribution in [1.29, 1.82) is 0 Å². The van der Waals surface area contributed by atoms with Crippen LogP contribution in [-0.4, -0.2) is 16.9 Å². The molecule has 0 saturated heterocycles. The average molecular weight is 266 g/mol. The first-order chi connectivity index (χ1) is 8.49. The number of aromatic carboxylic acids is 1. The van der Waals surface area contributed by atoms with Gasteiger partial charge in [0.15, 0.2) is 5.78 Å². The summed E-state index contributed by atoms with van der Waals surface area (Å²) in [5.74, 6) is -0.913. The summed E-state index contributed by atoms with van der Waals surface area (Å²) in [4.78, 5) is 22.2. The van der Waals surface area contributed by atoms with Gasteiger partial charge in [-0.1, -0.05) is 11.6 Å². The molecule has 2 N–H and O–H groups in total. The summed E-state index contributed by atoms with van der Waals surface area (Å²) in [6, 6.07) is 4.63. The molecule has 1 aliphatic rings. The number of benzene rings is 1. The Morgan fingerprint density at radius 2 is 2.11 bits per heavy atom. The highest BCUT2D eigenvalue weighted by molar-refractivity contribution is 6.33. The van der Waals surface area contributed by atoms with Crippen LogP contribution >= 0.6 is 11.6 Å². The number of Topliss-reactive ketones (excluding diaryl/α,β-unsaturated/α-hetero) is 1. The third-order valence-electron chi connectivity index (χ3n) is 2.97. The number of carbonyl (C=O) groups excluding carboxylic acids is 1. The van der Waals surface area contributed by atoms with Gasteiger partial charge in [-0.15, -0.1) is 0 Å². The van der Waals surface area contributed by atoms with Crippen LogP contribution in [0.25, 0.3) is 0 Å². The molecule has 0 atom stereocenters. The lowest BCUT2D eigenvalue weighted by Gasteiger charge is -2.09. The molecule has 0 radical (unpaired) electrons. The summed E-state index contributed by atoms with van der Waals surface area (Å²) < 4.78 is 0. The largest absolute Gasteiger partial charge is 0.478 e. The van der Waals surface area contributed by atoms with Gasteiger partial charge in [-0.05, 0) is 31.5 Å². The van der Waals surface area contributed by atoms with E-state index in [-0.39, 0.29) is 16.4 Å². The molecule has 0 unspecified atom stereocenters. The minimum Gasteiger partial charge on any atom is -0.478 e. The van der Waals surface area contributed by atoms with Gasteiger partial charge in [0.25, 0.3) is 0 Å². The van der Waals surface area contributed by atoms with Crippen LogP contribution in [0.4, 0.5) is 5.69 Å². The number of carboxylic acids is 1. The van der Waals surface area contributed by atoms with Crippen LogP contribution in [0.1, 0.15) is 30.1 Å². The maximum Gasteiger partial charge on any atom is 0.337 e. The van der Waals surface area contributed by atoms with Crippen molar-refractivity contribution in [2.45, 2.75) is 19.8 Å². The first-order valence-electron chi connectivity index (χ1n) is 5.52. The second-order valence-corrected chi connectivity index (χ2v) is 4.56. The van der Waals surface area contributed by atoms with E-state index in [1.54, 1.807) is 19.1 Å². The lowest BCUT2D eigenvalue weighted by atomic mass is 10.2. The number of halogens is 1. The second-order valence-electron chi connectivity index (χ2n) is 4.15. The van der Waals surface area contributed by atoms with Crippen molar-refractivity contribution in [1.82, 2.24) is 0 Å². The van der Waals surface area contributed by atoms with Crippen LogP contribution in [0.15, 0.2) is 29.5 Å². The van der Waals surface area contributed by atoms with Gasteiger partial charge in [-0.25, -0.2) is 4.79 Å². The van der Waals surface area contributed by atoms with Crippen molar-refractivity contribution in [2.24, 2.45) is 0 Å². The predicted octanol–water partition coefficient (Wildman–Crippen LogP) is 3.09. The molecule has 0 aliphatic heterocycles. The first-order valence-corrected chi connectivity index (χ1v) is 5.89. The van der Waals surface area contributed by atoms with E-state index in [2.05, 4.69) is 5.32 Å². The van der Waals surface area contributed by atoms with Gasteiger partial charge in [0, 0.05) is 23.4 Å². The molecule has 94 valence electrons. The van der Waals surface area contributed by atoms with Crippen molar-refractivity contribution in [3.05, 3.63) is 40.1 Å². The lowest BCUT2D eigenvalue weighted by molar-refractivity contribution is -0.114. The van der Waals surface area contributed by atoms with Crippen LogP contribution < -0.4 is 5.32 Å². The highest BCUT2D eigenvalue weighted by atomic mass is 35.5. The van der Waals surface area contributed by atoms with Crippen molar-refractivity contribution in [3.8, 4) is 0 Å². The van der Waals surface area contributed by atoms with Crippen LogP contribution in [-0.2, 0) is 4.79 Å². The standard InChI is InChI=1S/C13H12ClNO3/c1-7-11(4-5-12(7)16)15-8-2-3-9(13(17)18)10(14)6-8/h2-3,6,15H,4-5H2,1H3,(H,17,18). The van der Waals surface area contributed by atoms with Gasteiger partial charge >= 0.3 is 5.97 Å². The van der Waals surface area contributed by atoms with E-state index < -0.39 is 5.97 Å². The number of carbonyl (C=O) groups is 2. The fraction of sp³-hybridized carbons (Fsp3) is 0.231. The summed E-state index contributed by atoms with van der Waals surface area (Å²) in [6.45, 7) is 1.78. The average Bonchev–Trinajstić information content (AvgIpc) is 2.61. The van der Waals surface area contributed by atoms with E-state index in [1.807, 2.05) is 0 Å². The number of anilines is 1. The molecule has 0 saturated carbocycles. The summed E-state index contributed by atoms with van der Waals surface area (Å²) >= 11 is 5.87. The molecule has 1 aliphatic carbocycles. The van der Waals surface area contributed by atoms with Gasteiger partial charge in [0.2, 0.25) is 0 Å². The van der Waals surface area contributed by atoms with E-state index in [4.69, 9.17) is 16.7 Å². The molecule has 4 nitrogen and oxygen atoms in total. The Labute approximate surface area is 109 Å². The van der Waals surface area contributed by atoms with Gasteiger partial charge < -0.3 is 10.4 Å². The zero-order valence-electron chi connectivity index (χ0n) is 9.79. The number of nitrogens with one attached hydrogen (secondary N) is 1. The van der Waals surface area contributed by atoms with Crippen molar-refractivity contribution in [2.75, 3.05) is 5.32 Å². The minimum absolute atomic E-state index is 0.0652. The lowest BCUT2D eigenvalue weighted by Crippen LogP contribution is -2.02. The number of carboxylic acid groups (broad SMARTS) is 1. The predicted molar refractivity (Wildman–Crippen MR) is 69.0 cm³/mol. The molecule has 18 heavy (non-hydrogen) atoms. The zero-order chi connectivity index (χ0) is 13.3. The quantitative estimate of drug-likeness (QED) is 0.881. The first kappa shape index (κ1) is 12.6. The van der Waals surface area contributed by atoms with E-state index in [1.165, 1.54) is 6.07 Å². The molecule has 0 spiro atoms. The topological polar surface area (TPSA) is 66.4 Å². The summed E-state index contributed by atoms with van der Waals surface area (Å²) in [5, 5.41) is 12.1. The maximum atomic E-state index is 11.4. The summed E-state index contributed by atoms with van der Waals surface area (Å²) in [5.41, 5.74) is 2.36. The number of hydrogen-bond donors (Lipinski definition) is 2. The highest BCUT2D eigenvalue weighted by Gasteiger charge is 2.19. The van der Waals surface area contributed by atoms with Crippen molar-refractivity contribution in [3.63, 3.8) is 0 Å². The molecule has 0 aromatic heterocycles. The minimum atomic E-state index is -1.06. The fourth-order valence-electron chi connectivity index (χ4n) is 1.88. The normalized spacial score (nSPS) is 15.1. The van der Waals surface area contributed by atoms with E-state index in [0.717, 1.165) is 11.3 Å². The number of allylic oxidation sites excluding steroid dienone is 2. The highest BCUT2D eigenvalue weighted by Crippen LogP contribution is 2.27. The van der Waals surface area contributed by atoms with Crippen LogP contribution in [0.3, 0.4) is 0 Å². The van der Waals surface area contributed by atoms with Crippen molar-refractivity contribution < 1.29 is 14.7 Å². The van der Waals surface area contributed by atoms with Gasteiger partial charge in [0.1, 0.15) is 0 Å². The van der Waals surface area contributed by atoms with Crippen LogP contribution in [0.5, 0.6) is 0 Å². The maximum absolute atomic E-state index is 11.4. The SMILES string of the molecule is CC1=C(Nc2ccc(C(=O)O)c(Cl)c2)CCC1=O. The Morgan fingerprint density at radius 1 is 1.39 bits per heavy atom. The smallest absolute Gasteiger partial charge is 0.337 e. The Morgan fingerprint density at radius 3 is 2.61 bits per heavy atom. The molecule has 1 aromatic carbocycles. The van der Waals surface area contributed by atoms with Gasteiger partial charge in [-0.3, -0.25) is 4.79 Å². The van der Waals surface area contributed by atoms with E-state index in [9.17, 15) is 9.59 Å². The van der Waals surface area contributed by atoms with E-state index in [0.29, 0.717) is 18.5 Å². The molecular formula is C13H12ClNO3. The summed E-state index contributed by atoms with van der Waals surface area (Å²) in [7, 11) is 0. The van der Waals surface area contributed by atoms with Gasteiger partial charge in [0.05, 0.1) is 10.6 Å². The molecule has 2 rings (SSSR count). The molecule has 0 heterocycles. The zero-order valence-corrected chi connectivity index (χ0v) is 10.5. The summed E-state index contributed by atoms with van der Waals surface area (Å²) in [6.07, 6.45) is 1.21. The Bertz CT molecular complexity index is 563. The molecular weight excluding hydrogens is 254 g/mol. The fourth-order valence-corrected chi connectivity index (χ4v) is 2.14. The Kier molecular flexibility index (Phi) is 3.39. The third-order valence-corrected chi connectivity index (χ3v) is 3.28. The number of hydrogen-bond acceptors (Lipinski definition) is 3. The van der Waals surface area contributed by atoms with Crippen LogP contribution in [0, 0.1) is 0 Å². The van der Waals surface area contributed by atoms with Crippen LogP contribution in [0.2, 0.25) is 5.02 Å².